The number of rotatable bonds is 5. The Bertz CT molecular complexity index is 223. The quantitative estimate of drug-likeness (QED) is 0.735. The third-order valence-electron chi connectivity index (χ3n) is 2.98. The molecular formula is C12H24N2O2. The van der Waals surface area contributed by atoms with Crippen molar-refractivity contribution in [3.8, 4) is 0 Å². The zero-order valence-corrected chi connectivity index (χ0v) is 10.6. The van der Waals surface area contributed by atoms with Gasteiger partial charge in [-0.2, -0.15) is 0 Å². The second kappa shape index (κ2) is 6.21. The molecule has 0 aliphatic carbocycles. The average Bonchev–Trinajstić information content (AvgIpc) is 2.25. The molecule has 0 aromatic heterocycles. The highest BCUT2D eigenvalue weighted by molar-refractivity contribution is 5.78. The van der Waals surface area contributed by atoms with E-state index in [1.54, 1.807) is 0 Å². The minimum Gasteiger partial charge on any atom is -0.381 e. The van der Waals surface area contributed by atoms with Crippen LogP contribution in [0.25, 0.3) is 0 Å². The van der Waals surface area contributed by atoms with Crippen molar-refractivity contribution in [2.45, 2.75) is 39.2 Å². The lowest BCUT2D eigenvalue weighted by atomic mass is 9.92. The van der Waals surface area contributed by atoms with Crippen LogP contribution in [0.4, 0.5) is 0 Å². The van der Waals surface area contributed by atoms with E-state index in [4.69, 9.17) is 4.74 Å². The molecule has 0 bridgehead atoms. The van der Waals surface area contributed by atoms with Crippen LogP contribution in [0.1, 0.15) is 33.6 Å². The Balaban J connectivity index is 2.19. The van der Waals surface area contributed by atoms with Crippen LogP contribution in [0.3, 0.4) is 0 Å². The Labute approximate surface area is 98.1 Å². The topological polar surface area (TPSA) is 50.4 Å². The number of carbonyl (C=O) groups is 1. The second-order valence-electron chi connectivity index (χ2n) is 5.22. The Morgan fingerprint density at radius 1 is 1.38 bits per heavy atom. The average molecular weight is 228 g/mol. The van der Waals surface area contributed by atoms with Gasteiger partial charge in [-0.3, -0.25) is 4.79 Å². The van der Waals surface area contributed by atoms with E-state index in [0.29, 0.717) is 12.5 Å². The molecule has 1 aliphatic rings. The van der Waals surface area contributed by atoms with Crippen LogP contribution < -0.4 is 10.6 Å². The van der Waals surface area contributed by atoms with Crippen molar-refractivity contribution in [2.75, 3.05) is 26.3 Å². The summed E-state index contributed by atoms with van der Waals surface area (Å²) in [5, 5.41) is 6.24. The smallest absolute Gasteiger partial charge is 0.233 e. The standard InChI is InChI=1S/C12H24N2O2/c1-10(2)8-13-11(15)9-14-12(3)4-6-16-7-5-12/h10,14H,4-9H2,1-3H3,(H,13,15). The molecule has 1 amide bonds. The van der Waals surface area contributed by atoms with Gasteiger partial charge in [-0.1, -0.05) is 13.8 Å². The summed E-state index contributed by atoms with van der Waals surface area (Å²) in [5.41, 5.74) is 0.0629. The number of carbonyl (C=O) groups excluding carboxylic acids is 1. The number of amides is 1. The maximum absolute atomic E-state index is 11.5. The van der Waals surface area contributed by atoms with E-state index < -0.39 is 0 Å². The summed E-state index contributed by atoms with van der Waals surface area (Å²) in [5.74, 6) is 0.587. The maximum Gasteiger partial charge on any atom is 0.233 e. The van der Waals surface area contributed by atoms with Gasteiger partial charge in [-0.15, -0.1) is 0 Å². The molecule has 0 atom stereocenters. The lowest BCUT2D eigenvalue weighted by molar-refractivity contribution is -0.121. The lowest BCUT2D eigenvalue weighted by Crippen LogP contribution is -2.50. The maximum atomic E-state index is 11.5. The molecule has 1 heterocycles. The number of ether oxygens (including phenoxy) is 1. The highest BCUT2D eigenvalue weighted by Gasteiger charge is 2.26. The fourth-order valence-corrected chi connectivity index (χ4v) is 1.67. The Hall–Kier alpha value is -0.610. The van der Waals surface area contributed by atoms with Crippen LogP contribution in [0.15, 0.2) is 0 Å². The molecule has 0 aromatic carbocycles. The molecule has 1 saturated heterocycles. The SMILES string of the molecule is CC(C)CNC(=O)CNC1(C)CCOCC1. The van der Waals surface area contributed by atoms with Gasteiger partial charge in [0.2, 0.25) is 5.91 Å². The Kier molecular flexibility index (Phi) is 5.22. The van der Waals surface area contributed by atoms with Gasteiger partial charge in [0.25, 0.3) is 0 Å². The lowest BCUT2D eigenvalue weighted by Gasteiger charge is -2.34. The van der Waals surface area contributed by atoms with Gasteiger partial charge in [-0.25, -0.2) is 0 Å². The predicted molar refractivity (Wildman–Crippen MR) is 64.3 cm³/mol. The minimum atomic E-state index is 0.0629. The largest absolute Gasteiger partial charge is 0.381 e. The van der Waals surface area contributed by atoms with Gasteiger partial charge < -0.3 is 15.4 Å². The highest BCUT2D eigenvalue weighted by Crippen LogP contribution is 2.18. The molecule has 1 aliphatic heterocycles. The van der Waals surface area contributed by atoms with Crippen molar-refractivity contribution in [1.82, 2.24) is 10.6 Å². The van der Waals surface area contributed by atoms with Crippen LogP contribution in [0.2, 0.25) is 0 Å². The fourth-order valence-electron chi connectivity index (χ4n) is 1.67. The van der Waals surface area contributed by atoms with Crippen molar-refractivity contribution < 1.29 is 9.53 Å². The number of nitrogens with one attached hydrogen (secondary N) is 2. The van der Waals surface area contributed by atoms with Crippen LogP contribution in [-0.2, 0) is 9.53 Å². The summed E-state index contributed by atoms with van der Waals surface area (Å²) >= 11 is 0. The fraction of sp³-hybridized carbons (Fsp3) is 0.917. The van der Waals surface area contributed by atoms with Gasteiger partial charge in [0.15, 0.2) is 0 Å². The molecule has 0 radical (unpaired) electrons. The predicted octanol–water partition coefficient (Wildman–Crippen LogP) is 0.917. The van der Waals surface area contributed by atoms with E-state index in [2.05, 4.69) is 31.4 Å². The van der Waals surface area contributed by atoms with Crippen molar-refractivity contribution in [3.63, 3.8) is 0 Å². The van der Waals surface area contributed by atoms with E-state index in [1.165, 1.54) is 0 Å². The van der Waals surface area contributed by atoms with Gasteiger partial charge in [0, 0.05) is 25.3 Å². The zero-order chi connectivity index (χ0) is 12.0. The zero-order valence-electron chi connectivity index (χ0n) is 10.6. The van der Waals surface area contributed by atoms with Crippen molar-refractivity contribution in [3.05, 3.63) is 0 Å². The summed E-state index contributed by atoms with van der Waals surface area (Å²) in [4.78, 5) is 11.5. The van der Waals surface area contributed by atoms with Gasteiger partial charge in [0.05, 0.1) is 6.54 Å². The minimum absolute atomic E-state index is 0.0629. The van der Waals surface area contributed by atoms with E-state index in [9.17, 15) is 4.79 Å². The van der Waals surface area contributed by atoms with E-state index in [1.807, 2.05) is 0 Å². The van der Waals surface area contributed by atoms with Crippen molar-refractivity contribution in [1.29, 1.82) is 0 Å². The summed E-state index contributed by atoms with van der Waals surface area (Å²) in [7, 11) is 0. The molecular weight excluding hydrogens is 204 g/mol. The molecule has 0 spiro atoms. The second-order valence-corrected chi connectivity index (χ2v) is 5.22. The van der Waals surface area contributed by atoms with Crippen LogP contribution in [0.5, 0.6) is 0 Å². The molecule has 0 unspecified atom stereocenters. The summed E-state index contributed by atoms with van der Waals surface area (Å²) < 4.78 is 5.31. The van der Waals surface area contributed by atoms with E-state index in [0.717, 1.165) is 32.6 Å². The summed E-state index contributed by atoms with van der Waals surface area (Å²) in [6.45, 7) is 9.07. The molecule has 0 aromatic rings. The van der Waals surface area contributed by atoms with Gasteiger partial charge in [0.1, 0.15) is 0 Å². The third-order valence-corrected chi connectivity index (χ3v) is 2.98. The number of hydrogen-bond acceptors (Lipinski definition) is 3. The molecule has 1 rings (SSSR count). The molecule has 4 nitrogen and oxygen atoms in total. The molecule has 94 valence electrons. The highest BCUT2D eigenvalue weighted by atomic mass is 16.5. The molecule has 2 N–H and O–H groups in total. The third kappa shape index (κ3) is 4.94. The van der Waals surface area contributed by atoms with Crippen LogP contribution >= 0.6 is 0 Å². The summed E-state index contributed by atoms with van der Waals surface area (Å²) in [6, 6.07) is 0. The van der Waals surface area contributed by atoms with Gasteiger partial charge in [-0.05, 0) is 25.7 Å². The van der Waals surface area contributed by atoms with Crippen molar-refractivity contribution in [2.24, 2.45) is 5.92 Å². The molecule has 0 saturated carbocycles. The first-order chi connectivity index (χ1) is 7.52. The molecule has 4 heteroatoms. The normalized spacial score (nSPS) is 19.8. The summed E-state index contributed by atoms with van der Waals surface area (Å²) in [6.07, 6.45) is 1.95. The van der Waals surface area contributed by atoms with Crippen LogP contribution in [-0.4, -0.2) is 37.7 Å². The first-order valence-electron chi connectivity index (χ1n) is 6.11. The Morgan fingerprint density at radius 2 is 2.00 bits per heavy atom. The monoisotopic (exact) mass is 228 g/mol. The first-order valence-corrected chi connectivity index (χ1v) is 6.11. The van der Waals surface area contributed by atoms with Crippen LogP contribution in [0, 0.1) is 5.92 Å². The molecule has 1 fully saturated rings. The van der Waals surface area contributed by atoms with E-state index in [-0.39, 0.29) is 11.4 Å². The van der Waals surface area contributed by atoms with Gasteiger partial charge >= 0.3 is 0 Å². The Morgan fingerprint density at radius 3 is 2.56 bits per heavy atom. The van der Waals surface area contributed by atoms with Crippen molar-refractivity contribution >= 4 is 5.91 Å². The molecule has 16 heavy (non-hydrogen) atoms. The van der Waals surface area contributed by atoms with E-state index >= 15 is 0 Å². The number of hydrogen-bond donors (Lipinski definition) is 2. The first kappa shape index (κ1) is 13.5.